The van der Waals surface area contributed by atoms with Gasteiger partial charge in [0, 0.05) is 22.8 Å². The molecule has 0 amide bonds. The third kappa shape index (κ3) is 2.64. The molecular formula is C21H20O4. The zero-order chi connectivity index (χ0) is 17.8. The highest BCUT2D eigenvalue weighted by molar-refractivity contribution is 5.90. The molecule has 2 aliphatic heterocycles. The van der Waals surface area contributed by atoms with Crippen LogP contribution in [0.1, 0.15) is 36.1 Å². The van der Waals surface area contributed by atoms with Crippen molar-refractivity contribution in [2.24, 2.45) is 0 Å². The summed E-state index contributed by atoms with van der Waals surface area (Å²) >= 11 is 0. The van der Waals surface area contributed by atoms with Gasteiger partial charge in [-0.05, 0) is 62.8 Å². The minimum absolute atomic E-state index is 0.0513. The highest BCUT2D eigenvalue weighted by atomic mass is 16.5. The molecule has 0 fully saturated rings. The largest absolute Gasteiger partial charge is 0.508 e. The lowest BCUT2D eigenvalue weighted by Gasteiger charge is -2.30. The predicted octanol–water partition coefficient (Wildman–Crippen LogP) is 4.52. The Balaban J connectivity index is 1.81. The maximum Gasteiger partial charge on any atom is 0.137 e. The van der Waals surface area contributed by atoms with Crippen molar-refractivity contribution in [3.05, 3.63) is 52.6 Å². The van der Waals surface area contributed by atoms with Crippen LogP contribution in [0, 0.1) is 6.92 Å². The summed E-state index contributed by atoms with van der Waals surface area (Å²) < 4.78 is 12.0. The molecule has 0 bridgehead atoms. The van der Waals surface area contributed by atoms with Gasteiger partial charge in [-0.15, -0.1) is 0 Å². The number of aromatic hydroxyl groups is 2. The molecule has 25 heavy (non-hydrogen) atoms. The number of rotatable bonds is 1. The quantitative estimate of drug-likeness (QED) is 0.804. The molecule has 2 aliphatic rings. The van der Waals surface area contributed by atoms with E-state index in [4.69, 9.17) is 9.47 Å². The first-order valence-corrected chi connectivity index (χ1v) is 8.26. The van der Waals surface area contributed by atoms with E-state index >= 15 is 0 Å². The average molecular weight is 336 g/mol. The maximum atomic E-state index is 10.2. The van der Waals surface area contributed by atoms with Crippen molar-refractivity contribution in [1.82, 2.24) is 0 Å². The van der Waals surface area contributed by atoms with Crippen LogP contribution in [0.5, 0.6) is 23.0 Å². The molecule has 0 unspecified atom stereocenters. The SMILES string of the molecule is Cc1cc(O)cc(O)c1C1=Cc2ccc3c(c2OC1)C=CC(C)(C)O3. The number of phenols is 2. The topological polar surface area (TPSA) is 58.9 Å². The van der Waals surface area contributed by atoms with Gasteiger partial charge in [-0.25, -0.2) is 0 Å². The smallest absolute Gasteiger partial charge is 0.137 e. The first kappa shape index (κ1) is 15.6. The van der Waals surface area contributed by atoms with Crippen molar-refractivity contribution in [1.29, 1.82) is 0 Å². The van der Waals surface area contributed by atoms with Gasteiger partial charge in [0.05, 0.1) is 5.56 Å². The molecule has 2 heterocycles. The Labute approximate surface area is 146 Å². The molecule has 2 N–H and O–H groups in total. The average Bonchev–Trinajstić information content (AvgIpc) is 2.52. The monoisotopic (exact) mass is 336 g/mol. The first-order valence-electron chi connectivity index (χ1n) is 8.26. The summed E-state index contributed by atoms with van der Waals surface area (Å²) in [4.78, 5) is 0. The number of ether oxygens (including phenoxy) is 2. The van der Waals surface area contributed by atoms with Crippen LogP contribution < -0.4 is 9.47 Å². The predicted molar refractivity (Wildman–Crippen MR) is 98.1 cm³/mol. The van der Waals surface area contributed by atoms with Crippen molar-refractivity contribution in [3.8, 4) is 23.0 Å². The van der Waals surface area contributed by atoms with Gasteiger partial charge in [0.15, 0.2) is 0 Å². The van der Waals surface area contributed by atoms with E-state index in [1.807, 2.05) is 51.1 Å². The summed E-state index contributed by atoms with van der Waals surface area (Å²) in [6.07, 6.45) is 6.08. The van der Waals surface area contributed by atoms with Gasteiger partial charge >= 0.3 is 0 Å². The molecule has 0 aromatic heterocycles. The van der Waals surface area contributed by atoms with Gasteiger partial charge in [0.25, 0.3) is 0 Å². The minimum atomic E-state index is -0.328. The third-order valence-corrected chi connectivity index (χ3v) is 4.53. The van der Waals surface area contributed by atoms with E-state index in [-0.39, 0.29) is 17.1 Å². The van der Waals surface area contributed by atoms with Crippen molar-refractivity contribution in [2.45, 2.75) is 26.4 Å². The van der Waals surface area contributed by atoms with E-state index < -0.39 is 0 Å². The molecule has 0 saturated heterocycles. The minimum Gasteiger partial charge on any atom is -0.508 e. The lowest BCUT2D eigenvalue weighted by Crippen LogP contribution is -2.27. The molecule has 2 aromatic rings. The lowest BCUT2D eigenvalue weighted by atomic mass is 9.93. The van der Waals surface area contributed by atoms with Crippen LogP contribution in [-0.4, -0.2) is 22.4 Å². The molecule has 2 aromatic carbocycles. The summed E-state index contributed by atoms with van der Waals surface area (Å²) in [6.45, 7) is 6.23. The lowest BCUT2D eigenvalue weighted by molar-refractivity contribution is 0.158. The molecule has 0 saturated carbocycles. The summed E-state index contributed by atoms with van der Waals surface area (Å²) in [5.41, 5.74) is 3.95. The van der Waals surface area contributed by atoms with Crippen LogP contribution >= 0.6 is 0 Å². The Bertz CT molecular complexity index is 912. The molecule has 4 heteroatoms. The van der Waals surface area contributed by atoms with Crippen LogP contribution in [0.15, 0.2) is 30.3 Å². The normalized spacial score (nSPS) is 17.0. The van der Waals surface area contributed by atoms with Crippen molar-refractivity contribution in [3.63, 3.8) is 0 Å². The molecule has 0 aliphatic carbocycles. The van der Waals surface area contributed by atoms with Crippen LogP contribution in [0.3, 0.4) is 0 Å². The van der Waals surface area contributed by atoms with Crippen LogP contribution in [0.2, 0.25) is 0 Å². The van der Waals surface area contributed by atoms with Gasteiger partial charge < -0.3 is 19.7 Å². The van der Waals surface area contributed by atoms with Gasteiger partial charge in [-0.1, -0.05) is 0 Å². The molecule has 128 valence electrons. The van der Waals surface area contributed by atoms with Gasteiger partial charge in [0.1, 0.15) is 35.2 Å². The Kier molecular flexibility index (Phi) is 3.32. The Hall–Kier alpha value is -2.88. The van der Waals surface area contributed by atoms with E-state index in [9.17, 15) is 10.2 Å². The summed E-state index contributed by atoms with van der Waals surface area (Å²) in [5, 5.41) is 19.9. The van der Waals surface area contributed by atoms with Crippen molar-refractivity contribution in [2.75, 3.05) is 6.61 Å². The molecule has 4 rings (SSSR count). The highest BCUT2D eigenvalue weighted by Gasteiger charge is 2.27. The Morgan fingerprint density at radius 1 is 1.12 bits per heavy atom. The Morgan fingerprint density at radius 2 is 1.92 bits per heavy atom. The second-order valence-corrected chi connectivity index (χ2v) is 7.05. The molecule has 0 spiro atoms. The number of hydrogen-bond donors (Lipinski definition) is 2. The summed E-state index contributed by atoms with van der Waals surface area (Å²) in [6, 6.07) is 6.91. The zero-order valence-corrected chi connectivity index (χ0v) is 14.5. The number of fused-ring (bicyclic) bond motifs is 3. The number of phenolic OH excluding ortho intramolecular Hbond substituents is 2. The number of aryl methyl sites for hydroxylation is 1. The highest BCUT2D eigenvalue weighted by Crippen LogP contribution is 2.44. The second kappa shape index (κ2) is 5.31. The van der Waals surface area contributed by atoms with Crippen LogP contribution in [-0.2, 0) is 0 Å². The van der Waals surface area contributed by atoms with E-state index in [0.717, 1.165) is 33.8 Å². The fourth-order valence-electron chi connectivity index (χ4n) is 3.41. The van der Waals surface area contributed by atoms with E-state index in [1.54, 1.807) is 6.07 Å². The van der Waals surface area contributed by atoms with Crippen molar-refractivity contribution < 1.29 is 19.7 Å². The molecule has 0 atom stereocenters. The van der Waals surface area contributed by atoms with Gasteiger partial charge in [-0.2, -0.15) is 0 Å². The second-order valence-electron chi connectivity index (χ2n) is 7.05. The van der Waals surface area contributed by atoms with Crippen LogP contribution in [0.4, 0.5) is 0 Å². The summed E-state index contributed by atoms with van der Waals surface area (Å²) in [7, 11) is 0. The number of benzene rings is 2. The Morgan fingerprint density at radius 3 is 2.68 bits per heavy atom. The fraction of sp³-hybridized carbons (Fsp3) is 0.238. The van der Waals surface area contributed by atoms with Crippen molar-refractivity contribution >= 4 is 17.7 Å². The van der Waals surface area contributed by atoms with Gasteiger partial charge in [-0.3, -0.25) is 0 Å². The third-order valence-electron chi connectivity index (χ3n) is 4.53. The zero-order valence-electron chi connectivity index (χ0n) is 14.5. The van der Waals surface area contributed by atoms with E-state index in [2.05, 4.69) is 0 Å². The van der Waals surface area contributed by atoms with Crippen LogP contribution in [0.25, 0.3) is 17.7 Å². The molecule has 0 radical (unpaired) electrons. The number of hydrogen-bond acceptors (Lipinski definition) is 4. The first-order chi connectivity index (χ1) is 11.8. The molecule has 4 nitrogen and oxygen atoms in total. The fourth-order valence-corrected chi connectivity index (χ4v) is 3.41. The summed E-state index contributed by atoms with van der Waals surface area (Å²) in [5.74, 6) is 1.71. The molecular weight excluding hydrogens is 316 g/mol. The maximum absolute atomic E-state index is 10.2. The van der Waals surface area contributed by atoms with E-state index in [0.29, 0.717) is 12.2 Å². The van der Waals surface area contributed by atoms with E-state index in [1.165, 1.54) is 6.07 Å². The standard InChI is InChI=1S/C21H20O4/c1-12-8-15(22)10-17(23)19(12)14-9-13-4-5-18-16(20(13)24-11-14)6-7-21(2,3)25-18/h4-10,22-23H,11H2,1-3H3. The van der Waals surface area contributed by atoms with Gasteiger partial charge in [0.2, 0.25) is 0 Å².